The number of nitrogens with one attached hydrogen (secondary N) is 2. The first-order chi connectivity index (χ1) is 12.1. The Labute approximate surface area is 155 Å². The molecule has 1 aliphatic rings. The van der Waals surface area contributed by atoms with E-state index in [0.29, 0.717) is 12.3 Å². The van der Waals surface area contributed by atoms with E-state index in [9.17, 15) is 4.79 Å². The molecule has 6 nitrogen and oxygen atoms in total. The molecule has 0 radical (unpaired) electrons. The molecule has 1 amide bonds. The number of ether oxygens (including phenoxy) is 1. The fourth-order valence-corrected chi connectivity index (χ4v) is 4.07. The lowest BCUT2D eigenvalue weighted by Crippen LogP contribution is -2.32. The van der Waals surface area contributed by atoms with Crippen LogP contribution in [0.5, 0.6) is 0 Å². The maximum atomic E-state index is 11.9. The van der Waals surface area contributed by atoms with E-state index in [0.717, 1.165) is 34.6 Å². The summed E-state index contributed by atoms with van der Waals surface area (Å²) in [5, 5.41) is 15.2. The largest absolute Gasteiger partial charge is 0.376 e. The zero-order chi connectivity index (χ0) is 17.6. The molecule has 1 fully saturated rings. The van der Waals surface area contributed by atoms with Crippen molar-refractivity contribution in [1.82, 2.24) is 15.5 Å². The Hall–Kier alpha value is -1.64. The number of rotatable bonds is 7. The summed E-state index contributed by atoms with van der Waals surface area (Å²) in [4.78, 5) is 11.9. The number of aryl methyl sites for hydroxylation is 2. The Kier molecular flexibility index (Phi) is 6.28. The molecule has 3 rings (SSSR count). The molecular weight excluding hydrogens is 356 g/mol. The highest BCUT2D eigenvalue weighted by molar-refractivity contribution is 8.01. The van der Waals surface area contributed by atoms with Gasteiger partial charge in [0.1, 0.15) is 0 Å². The van der Waals surface area contributed by atoms with E-state index in [4.69, 9.17) is 4.74 Å². The number of anilines is 2. The van der Waals surface area contributed by atoms with Crippen LogP contribution < -0.4 is 10.6 Å². The first kappa shape index (κ1) is 18.2. The first-order valence-electron chi connectivity index (χ1n) is 8.29. The van der Waals surface area contributed by atoms with Crippen molar-refractivity contribution in [1.29, 1.82) is 0 Å². The van der Waals surface area contributed by atoms with Gasteiger partial charge in [-0.1, -0.05) is 29.2 Å². The lowest BCUT2D eigenvalue weighted by Gasteiger charge is -2.09. The normalized spacial score (nSPS) is 16.8. The van der Waals surface area contributed by atoms with Crippen molar-refractivity contribution < 1.29 is 9.53 Å². The summed E-state index contributed by atoms with van der Waals surface area (Å²) in [5.41, 5.74) is 3.48. The van der Waals surface area contributed by atoms with Gasteiger partial charge in [0.15, 0.2) is 4.34 Å². The van der Waals surface area contributed by atoms with E-state index in [2.05, 4.69) is 46.8 Å². The van der Waals surface area contributed by atoms with Gasteiger partial charge in [0, 0.05) is 18.8 Å². The number of amides is 1. The second kappa shape index (κ2) is 8.64. The molecule has 134 valence electrons. The predicted octanol–water partition coefficient (Wildman–Crippen LogP) is 3.29. The van der Waals surface area contributed by atoms with Gasteiger partial charge in [0.25, 0.3) is 0 Å². The van der Waals surface area contributed by atoms with Crippen LogP contribution in [0.4, 0.5) is 10.8 Å². The highest BCUT2D eigenvalue weighted by Gasteiger charge is 2.16. The van der Waals surface area contributed by atoms with Gasteiger partial charge in [-0.15, -0.1) is 10.2 Å². The molecule has 8 heteroatoms. The van der Waals surface area contributed by atoms with Gasteiger partial charge in [-0.3, -0.25) is 4.79 Å². The van der Waals surface area contributed by atoms with Crippen molar-refractivity contribution in [3.8, 4) is 0 Å². The minimum atomic E-state index is -0.000585. The highest BCUT2D eigenvalue weighted by Crippen LogP contribution is 2.28. The summed E-state index contributed by atoms with van der Waals surface area (Å²) < 4.78 is 6.27. The smallest absolute Gasteiger partial charge is 0.230 e. The number of carbonyl (C=O) groups is 1. The third-order valence-corrected chi connectivity index (χ3v) is 6.01. The molecule has 25 heavy (non-hydrogen) atoms. The number of carbonyl (C=O) groups excluding carboxylic acids is 1. The van der Waals surface area contributed by atoms with E-state index in [1.165, 1.54) is 34.2 Å². The van der Waals surface area contributed by atoms with Crippen LogP contribution in [0, 0.1) is 13.8 Å². The molecule has 0 bridgehead atoms. The molecule has 0 aliphatic carbocycles. The van der Waals surface area contributed by atoms with Gasteiger partial charge in [-0.2, -0.15) is 0 Å². The first-order valence-corrected chi connectivity index (χ1v) is 10.1. The molecule has 0 spiro atoms. The third-order valence-electron chi connectivity index (χ3n) is 4.04. The Morgan fingerprint density at radius 3 is 3.00 bits per heavy atom. The molecule has 2 N–H and O–H groups in total. The Balaban J connectivity index is 1.44. The predicted molar refractivity (Wildman–Crippen MR) is 102 cm³/mol. The van der Waals surface area contributed by atoms with Crippen molar-refractivity contribution in [2.75, 3.05) is 24.2 Å². The molecule has 2 heterocycles. The summed E-state index contributed by atoms with van der Waals surface area (Å²) in [7, 11) is 0. The summed E-state index contributed by atoms with van der Waals surface area (Å²) in [5.74, 6) is 0.338. The fraction of sp³-hybridized carbons (Fsp3) is 0.471. The number of hydrogen-bond donors (Lipinski definition) is 2. The third kappa shape index (κ3) is 5.42. The standard InChI is InChI=1S/C17H22N4O2S2/c1-11-5-6-13(8-12(11)2)19-16-20-21-17(25-16)24-10-15(22)18-9-14-4-3-7-23-14/h5-6,8,14H,3-4,7,9-10H2,1-2H3,(H,18,22)(H,19,20). The molecule has 1 aromatic carbocycles. The highest BCUT2D eigenvalue weighted by atomic mass is 32.2. The monoisotopic (exact) mass is 378 g/mol. The molecule has 0 saturated carbocycles. The Bertz CT molecular complexity index is 729. The van der Waals surface area contributed by atoms with Crippen molar-refractivity contribution in [2.24, 2.45) is 0 Å². The van der Waals surface area contributed by atoms with Gasteiger partial charge in [-0.25, -0.2) is 0 Å². The van der Waals surface area contributed by atoms with Crippen LogP contribution in [0.25, 0.3) is 0 Å². The van der Waals surface area contributed by atoms with Crippen LogP contribution >= 0.6 is 23.1 Å². The lowest BCUT2D eigenvalue weighted by atomic mass is 10.1. The Morgan fingerprint density at radius 1 is 1.36 bits per heavy atom. The van der Waals surface area contributed by atoms with Crippen LogP contribution in [0.1, 0.15) is 24.0 Å². The van der Waals surface area contributed by atoms with Crippen molar-refractivity contribution >= 4 is 39.8 Å². The minimum Gasteiger partial charge on any atom is -0.376 e. The van der Waals surface area contributed by atoms with Crippen molar-refractivity contribution in [3.05, 3.63) is 29.3 Å². The number of hydrogen-bond acceptors (Lipinski definition) is 7. The number of benzene rings is 1. The van der Waals surface area contributed by atoms with Crippen molar-refractivity contribution in [3.63, 3.8) is 0 Å². The zero-order valence-electron chi connectivity index (χ0n) is 14.4. The summed E-state index contributed by atoms with van der Waals surface area (Å²) >= 11 is 2.85. The van der Waals surface area contributed by atoms with E-state index in [1.807, 2.05) is 6.07 Å². The van der Waals surface area contributed by atoms with E-state index < -0.39 is 0 Å². The van der Waals surface area contributed by atoms with Gasteiger partial charge in [0.2, 0.25) is 11.0 Å². The van der Waals surface area contributed by atoms with Crippen LogP contribution in [0.3, 0.4) is 0 Å². The molecule has 1 aliphatic heterocycles. The van der Waals surface area contributed by atoms with Crippen molar-refractivity contribution in [2.45, 2.75) is 37.1 Å². The summed E-state index contributed by atoms with van der Waals surface area (Å²) in [6.45, 7) is 5.56. The molecule has 2 aromatic rings. The summed E-state index contributed by atoms with van der Waals surface area (Å²) in [6, 6.07) is 6.18. The maximum absolute atomic E-state index is 11.9. The Morgan fingerprint density at radius 2 is 2.24 bits per heavy atom. The molecule has 1 aromatic heterocycles. The molecular formula is C17H22N4O2S2. The SMILES string of the molecule is Cc1ccc(Nc2nnc(SCC(=O)NCC3CCCO3)s2)cc1C. The summed E-state index contributed by atoms with van der Waals surface area (Å²) in [6.07, 6.45) is 2.28. The minimum absolute atomic E-state index is 0.000585. The van der Waals surface area contributed by atoms with Gasteiger partial charge in [0.05, 0.1) is 11.9 Å². The van der Waals surface area contributed by atoms with Crippen LogP contribution in [0.15, 0.2) is 22.5 Å². The number of aromatic nitrogens is 2. The zero-order valence-corrected chi connectivity index (χ0v) is 16.0. The molecule has 1 unspecified atom stereocenters. The van der Waals surface area contributed by atoms with Crippen LogP contribution in [0.2, 0.25) is 0 Å². The molecule has 1 saturated heterocycles. The fourth-order valence-electron chi connectivity index (χ4n) is 2.47. The van der Waals surface area contributed by atoms with E-state index in [1.54, 1.807) is 0 Å². The van der Waals surface area contributed by atoms with Gasteiger partial charge < -0.3 is 15.4 Å². The maximum Gasteiger partial charge on any atom is 0.230 e. The van der Waals surface area contributed by atoms with Gasteiger partial charge in [-0.05, 0) is 49.9 Å². The average Bonchev–Trinajstić information content (AvgIpc) is 3.26. The number of nitrogens with zero attached hydrogens (tertiary/aromatic N) is 2. The lowest BCUT2D eigenvalue weighted by molar-refractivity contribution is -0.119. The van der Waals surface area contributed by atoms with E-state index in [-0.39, 0.29) is 12.0 Å². The van der Waals surface area contributed by atoms with Gasteiger partial charge >= 0.3 is 0 Å². The van der Waals surface area contributed by atoms with Crippen LogP contribution in [-0.4, -0.2) is 41.1 Å². The van der Waals surface area contributed by atoms with E-state index >= 15 is 0 Å². The second-order valence-electron chi connectivity index (χ2n) is 6.02. The number of thioether (sulfide) groups is 1. The average molecular weight is 379 g/mol. The second-order valence-corrected chi connectivity index (χ2v) is 8.22. The molecule has 1 atom stereocenters. The quantitative estimate of drug-likeness (QED) is 0.720. The topological polar surface area (TPSA) is 76.1 Å². The van der Waals surface area contributed by atoms with Crippen LogP contribution in [-0.2, 0) is 9.53 Å².